The van der Waals surface area contributed by atoms with Crippen LogP contribution in [0.1, 0.15) is 24.6 Å². The lowest BCUT2D eigenvalue weighted by Gasteiger charge is -2.16. The van der Waals surface area contributed by atoms with Crippen LogP contribution < -0.4 is 10.2 Å². The molecule has 0 radical (unpaired) electrons. The average Bonchev–Trinajstić information content (AvgIpc) is 3.26. The first-order chi connectivity index (χ1) is 13.0. The summed E-state index contributed by atoms with van der Waals surface area (Å²) in [4.78, 5) is 28.2. The first-order valence-electron chi connectivity index (χ1n) is 8.78. The summed E-state index contributed by atoms with van der Waals surface area (Å²) in [5.41, 5.74) is 2.57. The molecule has 2 N–H and O–H groups in total. The Bertz CT molecular complexity index is 817. The van der Waals surface area contributed by atoms with E-state index in [9.17, 15) is 9.59 Å². The highest BCUT2D eigenvalue weighted by Gasteiger charge is 2.64. The number of esters is 1. The number of rotatable bonds is 8. The van der Waals surface area contributed by atoms with Crippen molar-refractivity contribution >= 4 is 11.9 Å². The first kappa shape index (κ1) is 18.9. The molecule has 0 bridgehead atoms. The van der Waals surface area contributed by atoms with Gasteiger partial charge in [-0.15, -0.1) is 0 Å². The number of ether oxygens (including phenoxy) is 2. The van der Waals surface area contributed by atoms with Crippen molar-refractivity contribution in [2.45, 2.75) is 26.4 Å². The molecule has 27 heavy (non-hydrogen) atoms. The average molecular weight is 373 g/mol. The molecule has 8 nitrogen and oxygen atoms in total. The van der Waals surface area contributed by atoms with Gasteiger partial charge in [0.05, 0.1) is 36.2 Å². The monoisotopic (exact) mass is 373 g/mol. The maximum absolute atomic E-state index is 12.4. The normalized spacial score (nSPS) is 20.8. The number of imidazole rings is 1. The molecule has 1 aliphatic rings. The number of carbonyl (C=O) groups excluding carboxylic acids is 2. The second-order valence-electron chi connectivity index (χ2n) is 6.71. The van der Waals surface area contributed by atoms with Crippen molar-refractivity contribution in [3.05, 3.63) is 48.0 Å². The van der Waals surface area contributed by atoms with Crippen LogP contribution in [0.4, 0.5) is 0 Å². The van der Waals surface area contributed by atoms with Gasteiger partial charge in [0.1, 0.15) is 12.4 Å². The summed E-state index contributed by atoms with van der Waals surface area (Å²) in [6, 6.07) is 7.39. The lowest BCUT2D eigenvalue weighted by atomic mass is 9.93. The van der Waals surface area contributed by atoms with Crippen LogP contribution in [-0.4, -0.2) is 33.2 Å². The molecule has 2 aromatic rings. The largest absolute Gasteiger partial charge is 0.487 e. The molecule has 1 aromatic heterocycles. The minimum atomic E-state index is -0.917. The van der Waals surface area contributed by atoms with Gasteiger partial charge in [-0.2, -0.15) is 0 Å². The summed E-state index contributed by atoms with van der Waals surface area (Å²) in [5.74, 6) is -0.845. The number of nitrogens with zero attached hydrogens (tertiary/aromatic N) is 2. The predicted octanol–water partition coefficient (Wildman–Crippen LogP) is 1.62. The fourth-order valence-corrected chi connectivity index (χ4v) is 3.24. The molecule has 1 fully saturated rings. The van der Waals surface area contributed by atoms with Crippen LogP contribution in [0, 0.1) is 11.3 Å². The minimum absolute atomic E-state index is 0.245. The van der Waals surface area contributed by atoms with Gasteiger partial charge in [-0.1, -0.05) is 12.1 Å². The van der Waals surface area contributed by atoms with Crippen molar-refractivity contribution in [2.24, 2.45) is 18.4 Å². The van der Waals surface area contributed by atoms with Crippen LogP contribution in [0.15, 0.2) is 36.8 Å². The second kappa shape index (κ2) is 7.79. The quantitative estimate of drug-likeness (QED) is 0.414. The molecule has 1 amide bonds. The number of nitrogens with one attached hydrogen (secondary N) is 1. The van der Waals surface area contributed by atoms with Crippen LogP contribution in [0.3, 0.4) is 0 Å². The van der Waals surface area contributed by atoms with E-state index in [0.717, 1.165) is 11.3 Å². The van der Waals surface area contributed by atoms with Crippen molar-refractivity contribution in [2.75, 3.05) is 6.61 Å². The molecular formula is C19H23N3O5. The Hall–Kier alpha value is -2.87. The molecule has 1 aliphatic carbocycles. The molecule has 1 saturated carbocycles. The summed E-state index contributed by atoms with van der Waals surface area (Å²) in [7, 11) is 1.90. The first-order valence-corrected chi connectivity index (χ1v) is 8.78. The van der Waals surface area contributed by atoms with Crippen molar-refractivity contribution in [1.82, 2.24) is 15.0 Å². The van der Waals surface area contributed by atoms with Crippen LogP contribution >= 0.6 is 0 Å². The van der Waals surface area contributed by atoms with Gasteiger partial charge in [-0.25, -0.2) is 10.5 Å². The Kier molecular flexibility index (Phi) is 5.46. The molecule has 2 atom stereocenters. The van der Waals surface area contributed by atoms with Gasteiger partial charge in [-0.05, 0) is 37.5 Å². The third-order valence-corrected chi connectivity index (χ3v) is 4.93. The number of benzene rings is 1. The summed E-state index contributed by atoms with van der Waals surface area (Å²) >= 11 is 0. The molecule has 0 aliphatic heterocycles. The van der Waals surface area contributed by atoms with Crippen molar-refractivity contribution < 1.29 is 24.3 Å². The van der Waals surface area contributed by atoms with Gasteiger partial charge in [0.2, 0.25) is 5.91 Å². The minimum Gasteiger partial charge on any atom is -0.487 e. The zero-order valence-corrected chi connectivity index (χ0v) is 15.3. The maximum atomic E-state index is 12.4. The number of hydrogen-bond donors (Lipinski definition) is 2. The van der Waals surface area contributed by atoms with Crippen LogP contribution in [0.5, 0.6) is 5.75 Å². The maximum Gasteiger partial charge on any atom is 0.313 e. The van der Waals surface area contributed by atoms with E-state index in [-0.39, 0.29) is 6.61 Å². The Morgan fingerprint density at radius 3 is 2.70 bits per heavy atom. The number of carbonyl (C=O) groups is 2. The lowest BCUT2D eigenvalue weighted by Crippen LogP contribution is -2.30. The van der Waals surface area contributed by atoms with Gasteiger partial charge < -0.3 is 14.0 Å². The number of amides is 1. The topological polar surface area (TPSA) is 103 Å². The highest BCUT2D eigenvalue weighted by Crippen LogP contribution is 2.55. The zero-order chi connectivity index (χ0) is 19.4. The molecule has 1 aromatic carbocycles. The number of aryl methyl sites for hydroxylation is 1. The van der Waals surface area contributed by atoms with E-state index in [0.29, 0.717) is 25.2 Å². The molecule has 0 saturated heterocycles. The third kappa shape index (κ3) is 3.95. The standard InChI is InChI=1S/C19H23N3O5/c1-3-26-18(24)19(9-16(19)17(23)21-25)8-13-4-6-15(7-5-13)27-11-14-10-20-12-22(14)2/h4-7,10,12,16,25H,3,8-9,11H2,1-2H3,(H,21,23)/t16-,19+/m1/s1. The molecule has 0 unspecified atom stereocenters. The number of aromatic nitrogens is 2. The van der Waals surface area contributed by atoms with Crippen molar-refractivity contribution in [1.29, 1.82) is 0 Å². The van der Waals surface area contributed by atoms with E-state index in [4.69, 9.17) is 14.7 Å². The van der Waals surface area contributed by atoms with Crippen molar-refractivity contribution in [3.8, 4) is 5.75 Å². The van der Waals surface area contributed by atoms with Crippen molar-refractivity contribution in [3.63, 3.8) is 0 Å². The Balaban J connectivity index is 1.66. The summed E-state index contributed by atoms with van der Waals surface area (Å²) in [5, 5.41) is 8.87. The molecule has 3 rings (SSSR count). The Labute approximate surface area is 157 Å². The van der Waals surface area contributed by atoms with Gasteiger partial charge in [-0.3, -0.25) is 14.8 Å². The smallest absolute Gasteiger partial charge is 0.313 e. The third-order valence-electron chi connectivity index (χ3n) is 4.93. The van der Waals surface area contributed by atoms with E-state index < -0.39 is 23.2 Å². The zero-order valence-electron chi connectivity index (χ0n) is 15.3. The Morgan fingerprint density at radius 2 is 2.11 bits per heavy atom. The highest BCUT2D eigenvalue weighted by atomic mass is 16.5. The molecule has 144 valence electrons. The number of hydrogen-bond acceptors (Lipinski definition) is 6. The van der Waals surface area contributed by atoms with Crippen LogP contribution in [-0.2, 0) is 34.4 Å². The van der Waals surface area contributed by atoms with Crippen LogP contribution in [0.25, 0.3) is 0 Å². The fourth-order valence-electron chi connectivity index (χ4n) is 3.24. The van der Waals surface area contributed by atoms with E-state index in [1.165, 1.54) is 0 Å². The highest BCUT2D eigenvalue weighted by molar-refractivity contribution is 5.93. The Morgan fingerprint density at radius 1 is 1.37 bits per heavy atom. The van der Waals surface area contributed by atoms with Gasteiger partial charge in [0.15, 0.2) is 0 Å². The van der Waals surface area contributed by atoms with Crippen LogP contribution in [0.2, 0.25) is 0 Å². The van der Waals surface area contributed by atoms with Gasteiger partial charge >= 0.3 is 5.97 Å². The number of hydroxylamine groups is 1. The summed E-state index contributed by atoms with van der Waals surface area (Å²) in [6.07, 6.45) is 4.19. The fraction of sp³-hybridized carbons (Fsp3) is 0.421. The molecule has 0 spiro atoms. The van der Waals surface area contributed by atoms with E-state index >= 15 is 0 Å². The summed E-state index contributed by atoms with van der Waals surface area (Å²) in [6.45, 7) is 2.37. The molecule has 1 heterocycles. The van der Waals surface area contributed by atoms with E-state index in [2.05, 4.69) is 4.98 Å². The summed E-state index contributed by atoms with van der Waals surface area (Å²) < 4.78 is 12.8. The molecule has 8 heteroatoms. The van der Waals surface area contributed by atoms with Gasteiger partial charge in [0.25, 0.3) is 0 Å². The lowest BCUT2D eigenvalue weighted by molar-refractivity contribution is -0.152. The second-order valence-corrected chi connectivity index (χ2v) is 6.71. The van der Waals surface area contributed by atoms with E-state index in [1.807, 2.05) is 35.9 Å². The predicted molar refractivity (Wildman–Crippen MR) is 94.8 cm³/mol. The SMILES string of the molecule is CCOC(=O)[C@@]1(Cc2ccc(OCc3cncn3C)cc2)C[C@@H]1C(=O)NO. The van der Waals surface area contributed by atoms with E-state index in [1.54, 1.807) is 24.9 Å². The van der Waals surface area contributed by atoms with Gasteiger partial charge in [0, 0.05) is 7.05 Å². The molecular weight excluding hydrogens is 350 g/mol.